The summed E-state index contributed by atoms with van der Waals surface area (Å²) >= 11 is 0. The summed E-state index contributed by atoms with van der Waals surface area (Å²) in [7, 11) is 0. The van der Waals surface area contributed by atoms with Crippen LogP contribution in [0.5, 0.6) is 0 Å². The van der Waals surface area contributed by atoms with E-state index in [1.165, 1.54) is 4.90 Å². The van der Waals surface area contributed by atoms with Crippen LogP contribution >= 0.6 is 0 Å². The number of benzene rings is 1. The maximum absolute atomic E-state index is 12.7. The molecule has 0 aliphatic carbocycles. The lowest BCUT2D eigenvalue weighted by molar-refractivity contribution is -0.129. The Hall–Kier alpha value is -2.57. The van der Waals surface area contributed by atoms with Crippen molar-refractivity contribution in [3.8, 4) is 0 Å². The number of rotatable bonds is 4. The third-order valence-corrected chi connectivity index (χ3v) is 4.43. The number of hydrogen-bond donors (Lipinski definition) is 2. The van der Waals surface area contributed by atoms with E-state index in [-0.39, 0.29) is 11.8 Å². The molecule has 0 spiro atoms. The summed E-state index contributed by atoms with van der Waals surface area (Å²) in [5, 5.41) is 5.63. The van der Waals surface area contributed by atoms with Crippen molar-refractivity contribution in [1.29, 1.82) is 0 Å². The first-order valence-corrected chi connectivity index (χ1v) is 9.31. The summed E-state index contributed by atoms with van der Waals surface area (Å²) in [5.74, 6) is -0.630. The van der Waals surface area contributed by atoms with Crippen molar-refractivity contribution in [1.82, 2.24) is 10.2 Å². The lowest BCUT2D eigenvalue weighted by Gasteiger charge is -2.30. The third kappa shape index (κ3) is 5.45. The maximum atomic E-state index is 12.7. The first kappa shape index (κ1) is 20.7. The van der Waals surface area contributed by atoms with Crippen LogP contribution in [0.2, 0.25) is 0 Å². The summed E-state index contributed by atoms with van der Waals surface area (Å²) in [6.07, 6.45) is 0.628. The quantitative estimate of drug-likeness (QED) is 0.847. The van der Waals surface area contributed by atoms with Gasteiger partial charge in [0.2, 0.25) is 11.8 Å². The van der Waals surface area contributed by atoms with Crippen LogP contribution < -0.4 is 10.6 Å². The van der Waals surface area contributed by atoms with Crippen LogP contribution in [0.1, 0.15) is 46.6 Å². The van der Waals surface area contributed by atoms with Gasteiger partial charge in [-0.1, -0.05) is 18.2 Å². The molecule has 7 heteroatoms. The molecule has 2 unspecified atom stereocenters. The minimum atomic E-state index is -0.747. The van der Waals surface area contributed by atoms with Gasteiger partial charge in [-0.25, -0.2) is 4.79 Å². The molecule has 0 bridgehead atoms. The second-order valence-corrected chi connectivity index (χ2v) is 7.69. The number of carbonyl (C=O) groups is 3. The van der Waals surface area contributed by atoms with Crippen LogP contribution in [0.4, 0.5) is 10.5 Å². The normalized spacial score (nSPS) is 17.8. The van der Waals surface area contributed by atoms with Crippen molar-refractivity contribution >= 4 is 23.6 Å². The Bertz CT molecular complexity index is 711. The lowest BCUT2D eigenvalue weighted by Crippen LogP contribution is -2.53. The molecule has 0 aromatic heterocycles. The molecule has 1 aromatic carbocycles. The zero-order valence-electron chi connectivity index (χ0n) is 16.7. The molecular weight excluding hydrogens is 346 g/mol. The van der Waals surface area contributed by atoms with Crippen LogP contribution in [-0.2, 0) is 20.7 Å². The highest BCUT2D eigenvalue weighted by molar-refractivity contribution is 5.99. The maximum Gasteiger partial charge on any atom is 0.410 e. The molecule has 0 saturated heterocycles. The number of hydrogen-bond acceptors (Lipinski definition) is 4. The van der Waals surface area contributed by atoms with Gasteiger partial charge in [0.05, 0.1) is 0 Å². The van der Waals surface area contributed by atoms with E-state index in [0.717, 1.165) is 11.3 Å². The number of amides is 3. The van der Waals surface area contributed by atoms with Gasteiger partial charge in [-0.2, -0.15) is 0 Å². The molecule has 1 heterocycles. The molecule has 27 heavy (non-hydrogen) atoms. The van der Waals surface area contributed by atoms with Gasteiger partial charge in [0.15, 0.2) is 0 Å². The van der Waals surface area contributed by atoms with Crippen molar-refractivity contribution < 1.29 is 19.1 Å². The van der Waals surface area contributed by atoms with Crippen molar-refractivity contribution in [3.63, 3.8) is 0 Å². The van der Waals surface area contributed by atoms with E-state index in [1.54, 1.807) is 34.6 Å². The van der Waals surface area contributed by atoms with Gasteiger partial charge in [0.1, 0.15) is 17.7 Å². The number of fused-ring (bicyclic) bond motifs is 1. The Labute approximate surface area is 160 Å². The molecule has 2 rings (SSSR count). The molecule has 1 aromatic rings. The summed E-state index contributed by atoms with van der Waals surface area (Å²) in [6, 6.07) is 6.20. The predicted octanol–water partition coefficient (Wildman–Crippen LogP) is 2.70. The van der Waals surface area contributed by atoms with Crippen molar-refractivity contribution in [2.45, 2.75) is 65.1 Å². The molecule has 148 valence electrons. The largest absolute Gasteiger partial charge is 0.444 e. The topological polar surface area (TPSA) is 87.7 Å². The van der Waals surface area contributed by atoms with Crippen LogP contribution in [0, 0.1) is 0 Å². The number of aryl methyl sites for hydroxylation is 1. The van der Waals surface area contributed by atoms with E-state index in [1.807, 2.05) is 24.3 Å². The van der Waals surface area contributed by atoms with E-state index in [2.05, 4.69) is 10.6 Å². The number of para-hydroxylation sites is 1. The first-order valence-electron chi connectivity index (χ1n) is 9.31. The van der Waals surface area contributed by atoms with Gasteiger partial charge in [0, 0.05) is 12.2 Å². The highest BCUT2D eigenvalue weighted by Gasteiger charge is 2.32. The summed E-state index contributed by atoms with van der Waals surface area (Å²) in [5.41, 5.74) is 1.17. The minimum Gasteiger partial charge on any atom is -0.444 e. The SMILES string of the molecule is CCN(C(=O)OC(C)(C)C)C(C)C(=O)NC1CCc2ccccc2NC1=O. The Kier molecular flexibility index (Phi) is 6.46. The second kappa shape index (κ2) is 8.41. The highest BCUT2D eigenvalue weighted by Crippen LogP contribution is 2.21. The first-order chi connectivity index (χ1) is 12.6. The van der Waals surface area contributed by atoms with Gasteiger partial charge < -0.3 is 15.4 Å². The van der Waals surface area contributed by atoms with Gasteiger partial charge in [-0.3, -0.25) is 14.5 Å². The monoisotopic (exact) mass is 375 g/mol. The van der Waals surface area contributed by atoms with E-state index < -0.39 is 23.8 Å². The standard InChI is InChI=1S/C20H29N3O4/c1-6-23(19(26)27-20(3,4)5)13(2)17(24)22-16-12-11-14-9-7-8-10-15(14)21-18(16)25/h7-10,13,16H,6,11-12H2,1-5H3,(H,21,25)(H,22,24). The number of nitrogens with one attached hydrogen (secondary N) is 2. The smallest absolute Gasteiger partial charge is 0.410 e. The molecule has 0 fully saturated rings. The molecule has 3 amide bonds. The molecule has 7 nitrogen and oxygen atoms in total. The van der Waals surface area contributed by atoms with E-state index >= 15 is 0 Å². The van der Waals surface area contributed by atoms with Crippen molar-refractivity contribution in [2.75, 3.05) is 11.9 Å². The number of nitrogens with zero attached hydrogens (tertiary/aromatic N) is 1. The zero-order chi connectivity index (χ0) is 20.2. The van der Waals surface area contributed by atoms with Gasteiger partial charge in [0.25, 0.3) is 0 Å². The Morgan fingerprint density at radius 1 is 1.33 bits per heavy atom. The highest BCUT2D eigenvalue weighted by atomic mass is 16.6. The van der Waals surface area contributed by atoms with Crippen LogP contribution in [0.3, 0.4) is 0 Å². The Morgan fingerprint density at radius 3 is 2.63 bits per heavy atom. The fraction of sp³-hybridized carbons (Fsp3) is 0.550. The minimum absolute atomic E-state index is 0.249. The Balaban J connectivity index is 2.03. The van der Waals surface area contributed by atoms with E-state index in [9.17, 15) is 14.4 Å². The molecule has 2 atom stereocenters. The summed E-state index contributed by atoms with van der Waals surface area (Å²) in [6.45, 7) is 9.06. The van der Waals surface area contributed by atoms with E-state index in [4.69, 9.17) is 4.74 Å². The van der Waals surface area contributed by atoms with E-state index in [0.29, 0.717) is 19.4 Å². The van der Waals surface area contributed by atoms with Crippen LogP contribution in [0.25, 0.3) is 0 Å². The molecular formula is C20H29N3O4. The lowest BCUT2D eigenvalue weighted by atomic mass is 10.1. The number of anilines is 1. The average Bonchev–Trinajstić information content (AvgIpc) is 2.73. The third-order valence-electron chi connectivity index (χ3n) is 4.43. The molecule has 1 aliphatic heterocycles. The Morgan fingerprint density at radius 2 is 2.00 bits per heavy atom. The second-order valence-electron chi connectivity index (χ2n) is 7.69. The van der Waals surface area contributed by atoms with Crippen LogP contribution in [-0.4, -0.2) is 47.0 Å². The molecule has 0 saturated carbocycles. The van der Waals surface area contributed by atoms with Gasteiger partial charge >= 0.3 is 6.09 Å². The zero-order valence-corrected chi connectivity index (χ0v) is 16.7. The number of likely N-dealkylation sites (N-methyl/N-ethyl adjacent to an activating group) is 1. The average molecular weight is 375 g/mol. The van der Waals surface area contributed by atoms with Gasteiger partial charge in [-0.15, -0.1) is 0 Å². The van der Waals surface area contributed by atoms with Gasteiger partial charge in [-0.05, 0) is 59.1 Å². The van der Waals surface area contributed by atoms with Crippen LogP contribution in [0.15, 0.2) is 24.3 Å². The molecule has 1 aliphatic rings. The number of ether oxygens (including phenoxy) is 1. The number of carbonyl (C=O) groups excluding carboxylic acids is 3. The summed E-state index contributed by atoms with van der Waals surface area (Å²) < 4.78 is 5.36. The summed E-state index contributed by atoms with van der Waals surface area (Å²) in [4.78, 5) is 38.8. The fourth-order valence-corrected chi connectivity index (χ4v) is 2.96. The van der Waals surface area contributed by atoms with Crippen molar-refractivity contribution in [2.24, 2.45) is 0 Å². The molecule has 0 radical (unpaired) electrons. The predicted molar refractivity (Wildman–Crippen MR) is 103 cm³/mol. The van der Waals surface area contributed by atoms with Crippen molar-refractivity contribution in [3.05, 3.63) is 29.8 Å². The molecule has 2 N–H and O–H groups in total. The fourth-order valence-electron chi connectivity index (χ4n) is 2.96.